The zero-order valence-electron chi connectivity index (χ0n) is 16.7. The molecular weight excluding hydrogens is 395 g/mol. The molecule has 6 nitrogen and oxygen atoms in total. The zero-order chi connectivity index (χ0) is 21.0. The van der Waals surface area contributed by atoms with E-state index in [1.54, 1.807) is 6.07 Å². The van der Waals surface area contributed by atoms with E-state index >= 15 is 0 Å². The number of anilines is 2. The van der Waals surface area contributed by atoms with E-state index in [4.69, 9.17) is 4.74 Å². The summed E-state index contributed by atoms with van der Waals surface area (Å²) in [5.74, 6) is 1.45. The molecule has 9 heteroatoms. The molecule has 2 fully saturated rings. The second kappa shape index (κ2) is 9.18. The number of morpholine rings is 1. The quantitative estimate of drug-likeness (QED) is 0.799. The number of piperidine rings is 1. The number of benzene rings is 1. The van der Waals surface area contributed by atoms with Crippen LogP contribution in [0.2, 0.25) is 0 Å². The van der Waals surface area contributed by atoms with Crippen LogP contribution in [0, 0.1) is 0 Å². The molecule has 4 rings (SSSR count). The zero-order valence-corrected chi connectivity index (χ0v) is 16.7. The van der Waals surface area contributed by atoms with Crippen molar-refractivity contribution in [2.45, 2.75) is 31.6 Å². The van der Waals surface area contributed by atoms with Crippen LogP contribution in [0.1, 0.15) is 24.0 Å². The van der Waals surface area contributed by atoms with E-state index in [2.05, 4.69) is 25.1 Å². The molecule has 1 aromatic heterocycles. The molecule has 3 heterocycles. The van der Waals surface area contributed by atoms with Crippen molar-refractivity contribution in [3.05, 3.63) is 47.8 Å². The molecule has 0 bridgehead atoms. The molecule has 1 aromatic carbocycles. The largest absolute Gasteiger partial charge is 0.416 e. The Morgan fingerprint density at radius 1 is 1.03 bits per heavy atom. The number of aromatic nitrogens is 2. The molecule has 2 aliphatic rings. The van der Waals surface area contributed by atoms with Gasteiger partial charge in [-0.2, -0.15) is 13.2 Å². The number of hydrogen-bond acceptors (Lipinski definition) is 6. The topological polar surface area (TPSA) is 53.5 Å². The Hall–Kier alpha value is -2.39. The smallest absolute Gasteiger partial charge is 0.379 e. The highest BCUT2D eigenvalue weighted by Crippen LogP contribution is 2.29. The number of halogens is 3. The Morgan fingerprint density at radius 2 is 1.80 bits per heavy atom. The van der Waals surface area contributed by atoms with Crippen molar-refractivity contribution in [2.24, 2.45) is 0 Å². The molecular formula is C21H26F3N5O. The lowest BCUT2D eigenvalue weighted by atomic mass is 10.0. The lowest BCUT2D eigenvalue weighted by Crippen LogP contribution is -2.49. The molecule has 30 heavy (non-hydrogen) atoms. The molecule has 0 aliphatic carbocycles. The SMILES string of the molecule is FC(F)(F)c1cccc(CNc2cc(N3CCC(N4CCOCC4)CC3)ncn2)c1. The molecule has 0 unspecified atom stereocenters. The highest BCUT2D eigenvalue weighted by molar-refractivity contribution is 5.49. The van der Waals surface area contributed by atoms with Gasteiger partial charge in [-0.25, -0.2) is 9.97 Å². The van der Waals surface area contributed by atoms with Gasteiger partial charge < -0.3 is 15.0 Å². The minimum absolute atomic E-state index is 0.263. The average Bonchev–Trinajstić information content (AvgIpc) is 2.78. The summed E-state index contributed by atoms with van der Waals surface area (Å²) in [7, 11) is 0. The van der Waals surface area contributed by atoms with Crippen LogP contribution < -0.4 is 10.2 Å². The summed E-state index contributed by atoms with van der Waals surface area (Å²) in [6, 6.07) is 7.77. The van der Waals surface area contributed by atoms with Gasteiger partial charge in [-0.15, -0.1) is 0 Å². The van der Waals surface area contributed by atoms with Crippen LogP contribution >= 0.6 is 0 Å². The average molecular weight is 421 g/mol. The van der Waals surface area contributed by atoms with Gasteiger partial charge in [0.05, 0.1) is 18.8 Å². The van der Waals surface area contributed by atoms with E-state index in [0.717, 1.165) is 70.2 Å². The summed E-state index contributed by atoms with van der Waals surface area (Å²) in [6.07, 6.45) is -0.683. The van der Waals surface area contributed by atoms with E-state index in [-0.39, 0.29) is 6.54 Å². The Balaban J connectivity index is 1.33. The van der Waals surface area contributed by atoms with Gasteiger partial charge in [0.15, 0.2) is 0 Å². The fourth-order valence-electron chi connectivity index (χ4n) is 4.07. The van der Waals surface area contributed by atoms with Gasteiger partial charge in [0, 0.05) is 44.8 Å². The molecule has 2 saturated heterocycles. The fraction of sp³-hybridized carbons (Fsp3) is 0.524. The first-order chi connectivity index (χ1) is 14.5. The fourth-order valence-corrected chi connectivity index (χ4v) is 4.07. The van der Waals surface area contributed by atoms with Crippen molar-refractivity contribution in [1.82, 2.24) is 14.9 Å². The summed E-state index contributed by atoms with van der Waals surface area (Å²) in [6.45, 7) is 5.74. The van der Waals surface area contributed by atoms with Gasteiger partial charge in [0.25, 0.3) is 0 Å². The van der Waals surface area contributed by atoms with Gasteiger partial charge in [0.2, 0.25) is 0 Å². The van der Waals surface area contributed by atoms with Crippen LogP contribution in [0.25, 0.3) is 0 Å². The Kier molecular flexibility index (Phi) is 6.38. The Labute approximate surface area is 174 Å². The van der Waals surface area contributed by atoms with Gasteiger partial charge in [0.1, 0.15) is 18.0 Å². The molecule has 0 spiro atoms. The lowest BCUT2D eigenvalue weighted by molar-refractivity contribution is -0.137. The van der Waals surface area contributed by atoms with Crippen LogP contribution in [-0.2, 0) is 17.5 Å². The first kappa shape index (κ1) is 20.9. The molecule has 0 radical (unpaired) electrons. The summed E-state index contributed by atoms with van der Waals surface area (Å²) in [5, 5.41) is 3.11. The number of ether oxygens (including phenoxy) is 1. The van der Waals surface area contributed by atoms with Crippen molar-refractivity contribution < 1.29 is 17.9 Å². The van der Waals surface area contributed by atoms with Crippen molar-refractivity contribution in [3.63, 3.8) is 0 Å². The van der Waals surface area contributed by atoms with Gasteiger partial charge in [-0.3, -0.25) is 4.90 Å². The predicted molar refractivity (Wildman–Crippen MR) is 108 cm³/mol. The van der Waals surface area contributed by atoms with Crippen molar-refractivity contribution in [2.75, 3.05) is 49.6 Å². The third-order valence-corrected chi connectivity index (χ3v) is 5.73. The Bertz CT molecular complexity index is 833. The molecule has 1 N–H and O–H groups in total. The second-order valence-electron chi connectivity index (χ2n) is 7.68. The van der Waals surface area contributed by atoms with Crippen molar-refractivity contribution in [1.29, 1.82) is 0 Å². The third kappa shape index (κ3) is 5.20. The lowest BCUT2D eigenvalue weighted by Gasteiger charge is -2.40. The van der Waals surface area contributed by atoms with E-state index in [9.17, 15) is 13.2 Å². The van der Waals surface area contributed by atoms with E-state index in [1.165, 1.54) is 12.4 Å². The number of alkyl halides is 3. The first-order valence-corrected chi connectivity index (χ1v) is 10.3. The minimum Gasteiger partial charge on any atom is -0.379 e. The molecule has 2 aromatic rings. The van der Waals surface area contributed by atoms with Crippen LogP contribution in [0.5, 0.6) is 0 Å². The first-order valence-electron chi connectivity index (χ1n) is 10.3. The van der Waals surface area contributed by atoms with E-state index in [1.807, 2.05) is 6.07 Å². The highest BCUT2D eigenvalue weighted by Gasteiger charge is 2.30. The molecule has 2 aliphatic heterocycles. The summed E-state index contributed by atoms with van der Waals surface area (Å²) >= 11 is 0. The van der Waals surface area contributed by atoms with Crippen molar-refractivity contribution in [3.8, 4) is 0 Å². The molecule has 0 amide bonds. The number of nitrogens with one attached hydrogen (secondary N) is 1. The van der Waals surface area contributed by atoms with E-state index in [0.29, 0.717) is 17.4 Å². The van der Waals surface area contributed by atoms with Crippen LogP contribution in [0.4, 0.5) is 24.8 Å². The van der Waals surface area contributed by atoms with Crippen LogP contribution in [-0.4, -0.2) is 60.3 Å². The highest BCUT2D eigenvalue weighted by atomic mass is 19.4. The van der Waals surface area contributed by atoms with Gasteiger partial charge in [-0.05, 0) is 30.5 Å². The predicted octanol–water partition coefficient (Wildman–Crippen LogP) is 3.41. The maximum atomic E-state index is 12.9. The second-order valence-corrected chi connectivity index (χ2v) is 7.68. The molecule has 0 saturated carbocycles. The molecule has 162 valence electrons. The Morgan fingerprint density at radius 3 is 2.53 bits per heavy atom. The monoisotopic (exact) mass is 421 g/mol. The number of nitrogens with zero attached hydrogens (tertiary/aromatic N) is 4. The number of hydrogen-bond donors (Lipinski definition) is 1. The maximum absolute atomic E-state index is 12.9. The van der Waals surface area contributed by atoms with E-state index < -0.39 is 11.7 Å². The summed E-state index contributed by atoms with van der Waals surface area (Å²) < 4.78 is 44.1. The van der Waals surface area contributed by atoms with Crippen LogP contribution in [0.3, 0.4) is 0 Å². The maximum Gasteiger partial charge on any atom is 0.416 e. The third-order valence-electron chi connectivity index (χ3n) is 5.73. The van der Waals surface area contributed by atoms with Gasteiger partial charge >= 0.3 is 6.18 Å². The summed E-state index contributed by atoms with van der Waals surface area (Å²) in [4.78, 5) is 13.4. The minimum atomic E-state index is -4.34. The van der Waals surface area contributed by atoms with Gasteiger partial charge in [-0.1, -0.05) is 12.1 Å². The normalized spacial score (nSPS) is 19.1. The standard InChI is InChI=1S/C21H26F3N5O/c22-21(23,24)17-3-1-2-16(12-17)14-25-19-13-20(27-15-26-19)29-6-4-18(5-7-29)28-8-10-30-11-9-28/h1-3,12-13,15,18H,4-11,14H2,(H,25,26,27). The van der Waals surface area contributed by atoms with Crippen LogP contribution in [0.15, 0.2) is 36.7 Å². The number of rotatable bonds is 5. The molecule has 0 atom stereocenters. The van der Waals surface area contributed by atoms with Crippen molar-refractivity contribution >= 4 is 11.6 Å². The summed E-state index contributed by atoms with van der Waals surface area (Å²) in [5.41, 5.74) is -0.0929.